The third kappa shape index (κ3) is 3.12. The largest absolute Gasteiger partial charge is 0.292 e. The fraction of sp³-hybridized carbons (Fsp3) is 0.167. The molecule has 0 spiro atoms. The number of rotatable bonds is 4. The lowest BCUT2D eigenvalue weighted by Gasteiger charge is -2.15. The van der Waals surface area contributed by atoms with Gasteiger partial charge in [-0.1, -0.05) is 30.4 Å². The Labute approximate surface area is 127 Å². The molecular weight excluding hydrogens is 284 g/mol. The molecule has 0 amide bonds. The monoisotopic (exact) mass is 299 g/mol. The molecule has 0 saturated carbocycles. The van der Waals surface area contributed by atoms with Crippen molar-refractivity contribution in [2.45, 2.75) is 6.54 Å². The summed E-state index contributed by atoms with van der Waals surface area (Å²) in [7, 11) is 0. The van der Waals surface area contributed by atoms with E-state index in [0.29, 0.717) is 5.56 Å². The van der Waals surface area contributed by atoms with Gasteiger partial charge in [-0.15, -0.1) is 0 Å². The zero-order valence-electron chi connectivity index (χ0n) is 11.9. The van der Waals surface area contributed by atoms with Crippen molar-refractivity contribution < 1.29 is 13.6 Å². The summed E-state index contributed by atoms with van der Waals surface area (Å²) in [4.78, 5) is 14.6. The molecule has 0 bridgehead atoms. The number of benzene rings is 2. The van der Waals surface area contributed by atoms with E-state index in [9.17, 15) is 13.6 Å². The van der Waals surface area contributed by atoms with E-state index in [0.717, 1.165) is 37.3 Å². The number of carbonyl (C=O) groups excluding carboxylic acids is 1. The minimum Gasteiger partial charge on any atom is -0.292 e. The lowest BCUT2D eigenvalue weighted by atomic mass is 10.0. The average Bonchev–Trinajstić information content (AvgIpc) is 3.00. The Morgan fingerprint density at radius 3 is 2.55 bits per heavy atom. The van der Waals surface area contributed by atoms with E-state index in [-0.39, 0.29) is 5.56 Å². The molecule has 22 heavy (non-hydrogen) atoms. The second kappa shape index (κ2) is 6.20. The summed E-state index contributed by atoms with van der Waals surface area (Å²) in [5.41, 5.74) is 1.30. The molecule has 0 atom stereocenters. The molecule has 0 aromatic heterocycles. The third-order valence-electron chi connectivity index (χ3n) is 3.66. The molecule has 0 saturated heterocycles. The van der Waals surface area contributed by atoms with Crippen LogP contribution in [0.2, 0.25) is 0 Å². The fourth-order valence-electron chi connectivity index (χ4n) is 2.55. The Balaban J connectivity index is 1.83. The molecule has 2 nitrogen and oxygen atoms in total. The minimum atomic E-state index is -0.834. The van der Waals surface area contributed by atoms with E-state index >= 15 is 0 Å². The van der Waals surface area contributed by atoms with Crippen LogP contribution in [-0.2, 0) is 6.54 Å². The van der Waals surface area contributed by atoms with E-state index in [1.54, 1.807) is 18.2 Å². The van der Waals surface area contributed by atoms with Gasteiger partial charge in [-0.25, -0.2) is 8.78 Å². The topological polar surface area (TPSA) is 20.3 Å². The van der Waals surface area contributed by atoms with Crippen LogP contribution in [-0.4, -0.2) is 23.8 Å². The Kier molecular flexibility index (Phi) is 4.11. The zero-order valence-corrected chi connectivity index (χ0v) is 11.9. The van der Waals surface area contributed by atoms with Crippen molar-refractivity contribution >= 4 is 5.78 Å². The maximum Gasteiger partial charge on any atom is 0.195 e. The molecule has 0 N–H and O–H groups in total. The summed E-state index contributed by atoms with van der Waals surface area (Å²) < 4.78 is 26.7. The summed E-state index contributed by atoms with van der Waals surface area (Å²) in [5.74, 6) is -1.96. The molecule has 0 aliphatic carbocycles. The van der Waals surface area contributed by atoms with Gasteiger partial charge in [0.05, 0.1) is 5.56 Å². The van der Waals surface area contributed by atoms with Gasteiger partial charge in [0.2, 0.25) is 0 Å². The Morgan fingerprint density at radius 2 is 1.82 bits per heavy atom. The smallest absolute Gasteiger partial charge is 0.195 e. The number of carbonyl (C=O) groups is 1. The maximum atomic E-state index is 13.7. The summed E-state index contributed by atoms with van der Waals surface area (Å²) in [5, 5.41) is 0. The number of hydrogen-bond acceptors (Lipinski definition) is 2. The van der Waals surface area contributed by atoms with E-state index in [4.69, 9.17) is 0 Å². The first-order valence-corrected chi connectivity index (χ1v) is 7.09. The van der Waals surface area contributed by atoms with E-state index < -0.39 is 17.4 Å². The quantitative estimate of drug-likeness (QED) is 0.635. The van der Waals surface area contributed by atoms with Crippen LogP contribution in [0.1, 0.15) is 21.5 Å². The lowest BCUT2D eigenvalue weighted by molar-refractivity contribution is 0.103. The molecule has 2 aromatic rings. The van der Waals surface area contributed by atoms with Crippen LogP contribution < -0.4 is 0 Å². The molecule has 0 unspecified atom stereocenters. The van der Waals surface area contributed by atoms with E-state index in [1.807, 2.05) is 6.07 Å². The number of hydrogen-bond donors (Lipinski definition) is 0. The van der Waals surface area contributed by atoms with Crippen LogP contribution in [0.15, 0.2) is 54.6 Å². The molecule has 1 heterocycles. The molecule has 2 aromatic carbocycles. The summed E-state index contributed by atoms with van der Waals surface area (Å²) in [6.45, 7) is 2.52. The number of nitrogens with zero attached hydrogens (tertiary/aromatic N) is 1. The van der Waals surface area contributed by atoms with Crippen LogP contribution in [0.5, 0.6) is 0 Å². The molecule has 1 aliphatic rings. The predicted octanol–water partition coefficient (Wildman–Crippen LogP) is 3.57. The molecule has 0 radical (unpaired) electrons. The highest BCUT2D eigenvalue weighted by atomic mass is 19.1. The Bertz CT molecular complexity index is 732. The van der Waals surface area contributed by atoms with Gasteiger partial charge < -0.3 is 0 Å². The molecule has 1 aliphatic heterocycles. The van der Waals surface area contributed by atoms with Crippen LogP contribution in [0.25, 0.3) is 0 Å². The van der Waals surface area contributed by atoms with E-state index in [2.05, 4.69) is 17.1 Å². The van der Waals surface area contributed by atoms with Gasteiger partial charge in [0.15, 0.2) is 5.78 Å². The summed E-state index contributed by atoms with van der Waals surface area (Å²) >= 11 is 0. The van der Waals surface area contributed by atoms with Gasteiger partial charge in [-0.3, -0.25) is 9.69 Å². The van der Waals surface area contributed by atoms with Crippen molar-refractivity contribution in [3.8, 4) is 0 Å². The van der Waals surface area contributed by atoms with Crippen molar-refractivity contribution in [2.75, 3.05) is 13.1 Å². The van der Waals surface area contributed by atoms with Gasteiger partial charge >= 0.3 is 0 Å². The van der Waals surface area contributed by atoms with Crippen LogP contribution in [0.3, 0.4) is 0 Å². The highest BCUT2D eigenvalue weighted by molar-refractivity contribution is 6.09. The predicted molar refractivity (Wildman–Crippen MR) is 80.6 cm³/mol. The average molecular weight is 299 g/mol. The molecule has 0 fully saturated rings. The molecule has 112 valence electrons. The van der Waals surface area contributed by atoms with Crippen LogP contribution in [0, 0.1) is 11.6 Å². The third-order valence-corrected chi connectivity index (χ3v) is 3.66. The lowest BCUT2D eigenvalue weighted by Crippen LogP contribution is -2.19. The van der Waals surface area contributed by atoms with Crippen molar-refractivity contribution in [3.05, 3.63) is 82.9 Å². The molecule has 3 rings (SSSR count). The van der Waals surface area contributed by atoms with E-state index in [1.165, 1.54) is 6.07 Å². The number of halogens is 2. The first-order chi connectivity index (χ1) is 10.6. The minimum absolute atomic E-state index is 0.110. The highest BCUT2D eigenvalue weighted by Gasteiger charge is 2.15. The molecular formula is C18H15F2NO. The first-order valence-electron chi connectivity index (χ1n) is 7.09. The Morgan fingerprint density at radius 1 is 1.05 bits per heavy atom. The normalized spacial score (nSPS) is 14.5. The fourth-order valence-corrected chi connectivity index (χ4v) is 2.55. The SMILES string of the molecule is O=C(c1cccc(CN2CC=CC2)c1)c1ccc(F)cc1F. The molecule has 4 heteroatoms. The van der Waals surface area contributed by atoms with Crippen molar-refractivity contribution in [1.82, 2.24) is 4.90 Å². The van der Waals surface area contributed by atoms with Crippen LogP contribution >= 0.6 is 0 Å². The maximum absolute atomic E-state index is 13.7. The standard InChI is InChI=1S/C18H15F2NO/c19-15-6-7-16(17(20)11-15)18(22)14-5-3-4-13(10-14)12-21-8-1-2-9-21/h1-7,10-11H,8-9,12H2. The van der Waals surface area contributed by atoms with Crippen LogP contribution in [0.4, 0.5) is 8.78 Å². The van der Waals surface area contributed by atoms with Gasteiger partial charge in [0, 0.05) is 31.3 Å². The van der Waals surface area contributed by atoms with Crippen molar-refractivity contribution in [1.29, 1.82) is 0 Å². The second-order valence-electron chi connectivity index (χ2n) is 5.32. The summed E-state index contributed by atoms with van der Waals surface area (Å²) in [6, 6.07) is 10.1. The van der Waals surface area contributed by atoms with Gasteiger partial charge in [0.1, 0.15) is 11.6 Å². The van der Waals surface area contributed by atoms with Gasteiger partial charge in [0.25, 0.3) is 0 Å². The van der Waals surface area contributed by atoms with Crippen molar-refractivity contribution in [3.63, 3.8) is 0 Å². The Hall–Kier alpha value is -2.33. The first kappa shape index (κ1) is 14.6. The second-order valence-corrected chi connectivity index (χ2v) is 5.32. The number of ketones is 1. The van der Waals surface area contributed by atoms with Gasteiger partial charge in [-0.2, -0.15) is 0 Å². The zero-order chi connectivity index (χ0) is 15.5. The highest BCUT2D eigenvalue weighted by Crippen LogP contribution is 2.17. The van der Waals surface area contributed by atoms with Gasteiger partial charge in [-0.05, 0) is 23.8 Å². The van der Waals surface area contributed by atoms with Crippen molar-refractivity contribution in [2.24, 2.45) is 0 Å². The summed E-state index contributed by atoms with van der Waals surface area (Å²) in [6.07, 6.45) is 4.20.